The molecule has 5 nitrogen and oxygen atoms in total. The topological polar surface area (TPSA) is 67.6 Å². The molecule has 0 radical (unpaired) electrons. The summed E-state index contributed by atoms with van der Waals surface area (Å²) in [5, 5.41) is 3.45. The number of likely N-dealkylation sites (N-methyl/N-ethyl adjacent to an activating group) is 1. The van der Waals surface area contributed by atoms with Crippen molar-refractivity contribution in [2.45, 2.75) is 19.3 Å². The Balaban J connectivity index is 0.00000288. The second kappa shape index (κ2) is 11.8. The summed E-state index contributed by atoms with van der Waals surface area (Å²) in [4.78, 5) is 14.4. The zero-order valence-corrected chi connectivity index (χ0v) is 17.1. The van der Waals surface area contributed by atoms with E-state index >= 15 is 0 Å². The van der Waals surface area contributed by atoms with Crippen LogP contribution >= 0.6 is 36.4 Å². The molecule has 1 amide bonds. The maximum absolute atomic E-state index is 12.4. The third kappa shape index (κ3) is 7.19. The van der Waals surface area contributed by atoms with E-state index in [0.717, 1.165) is 25.8 Å². The highest BCUT2D eigenvalue weighted by Gasteiger charge is 2.31. The second-order valence-corrected chi connectivity index (χ2v) is 6.73. The highest BCUT2D eigenvalue weighted by Crippen LogP contribution is 2.33. The summed E-state index contributed by atoms with van der Waals surface area (Å²) >= 11 is 6.23. The molecule has 25 heavy (non-hydrogen) atoms. The largest absolute Gasteiger partial charge is 0.491 e. The van der Waals surface area contributed by atoms with Crippen molar-refractivity contribution in [2.24, 2.45) is 17.6 Å². The van der Waals surface area contributed by atoms with E-state index < -0.39 is 0 Å². The molecule has 0 bridgehead atoms. The number of benzene rings is 1. The Morgan fingerprint density at radius 3 is 2.68 bits per heavy atom. The summed E-state index contributed by atoms with van der Waals surface area (Å²) < 4.78 is 5.64. The lowest BCUT2D eigenvalue weighted by Crippen LogP contribution is -2.29. The lowest BCUT2D eigenvalue weighted by Gasteiger charge is -2.18. The molecule has 1 saturated carbocycles. The second-order valence-electron chi connectivity index (χ2n) is 6.32. The molecular weight excluding hydrogens is 385 g/mol. The number of rotatable bonds is 7. The number of nitrogens with two attached hydrogens (primary N) is 1. The van der Waals surface area contributed by atoms with E-state index in [1.54, 1.807) is 12.1 Å². The average Bonchev–Trinajstić information content (AvgIpc) is 2.97. The van der Waals surface area contributed by atoms with Gasteiger partial charge in [0.2, 0.25) is 5.91 Å². The molecule has 2 rings (SSSR count). The van der Waals surface area contributed by atoms with Gasteiger partial charge in [0.1, 0.15) is 12.4 Å². The summed E-state index contributed by atoms with van der Waals surface area (Å²) in [5.41, 5.74) is 6.44. The van der Waals surface area contributed by atoms with Gasteiger partial charge in [-0.25, -0.2) is 0 Å². The van der Waals surface area contributed by atoms with Gasteiger partial charge in [0, 0.05) is 18.2 Å². The molecule has 3 N–H and O–H groups in total. The first-order valence-corrected chi connectivity index (χ1v) is 8.47. The monoisotopic (exact) mass is 411 g/mol. The number of halogens is 3. The Hall–Kier alpha value is -0.720. The van der Waals surface area contributed by atoms with Gasteiger partial charge in [0.15, 0.2) is 0 Å². The van der Waals surface area contributed by atoms with Crippen molar-refractivity contribution < 1.29 is 9.53 Å². The van der Waals surface area contributed by atoms with Crippen LogP contribution in [0.25, 0.3) is 0 Å². The number of hydrogen-bond donors (Lipinski definition) is 2. The normalized spacial score (nSPS) is 19.1. The third-order valence-corrected chi connectivity index (χ3v) is 4.59. The summed E-state index contributed by atoms with van der Waals surface area (Å²) in [6.45, 7) is 1.95. The Morgan fingerprint density at radius 1 is 1.36 bits per heavy atom. The third-order valence-electron chi connectivity index (χ3n) is 4.29. The summed E-state index contributed by atoms with van der Waals surface area (Å²) in [5.74, 6) is 0.969. The predicted octanol–water partition coefficient (Wildman–Crippen LogP) is 3.44. The van der Waals surface area contributed by atoms with Gasteiger partial charge in [-0.2, -0.15) is 0 Å². The van der Waals surface area contributed by atoms with Crippen LogP contribution in [0.1, 0.15) is 19.3 Å². The first kappa shape index (κ1) is 24.3. The number of nitrogens with one attached hydrogen (secondary N) is 1. The maximum atomic E-state index is 12.4. The van der Waals surface area contributed by atoms with Crippen molar-refractivity contribution in [3.05, 3.63) is 23.2 Å². The Morgan fingerprint density at radius 2 is 2.08 bits per heavy atom. The van der Waals surface area contributed by atoms with Crippen LogP contribution < -0.4 is 15.8 Å². The molecule has 1 aliphatic carbocycles. The van der Waals surface area contributed by atoms with Crippen LogP contribution in [0.3, 0.4) is 0 Å². The van der Waals surface area contributed by atoms with E-state index in [0.29, 0.717) is 35.5 Å². The SMILES string of the molecule is CN(C)CCOc1ccc(NC(=O)[C@@H]2CCC[C@@H]2CN)cc1Cl.Cl.Cl. The number of hydrogen-bond acceptors (Lipinski definition) is 4. The van der Waals surface area contributed by atoms with E-state index in [2.05, 4.69) is 5.32 Å². The molecule has 1 aliphatic rings. The van der Waals surface area contributed by atoms with Crippen molar-refractivity contribution in [3.8, 4) is 5.75 Å². The maximum Gasteiger partial charge on any atom is 0.227 e. The first-order chi connectivity index (χ1) is 11.0. The molecule has 1 aromatic carbocycles. The van der Waals surface area contributed by atoms with E-state index in [-0.39, 0.29) is 36.6 Å². The minimum absolute atomic E-state index is 0. The summed E-state index contributed by atoms with van der Waals surface area (Å²) in [7, 11) is 3.97. The molecule has 144 valence electrons. The summed E-state index contributed by atoms with van der Waals surface area (Å²) in [6, 6.07) is 5.35. The van der Waals surface area contributed by atoms with Crippen molar-refractivity contribution >= 4 is 48.0 Å². The molecule has 0 saturated heterocycles. The number of ether oxygens (including phenoxy) is 1. The molecule has 0 spiro atoms. The van der Waals surface area contributed by atoms with Crippen LogP contribution in [-0.2, 0) is 4.79 Å². The zero-order chi connectivity index (χ0) is 16.8. The average molecular weight is 413 g/mol. The van der Waals surface area contributed by atoms with Crippen LogP contribution in [0, 0.1) is 11.8 Å². The molecular formula is C17H28Cl3N3O2. The highest BCUT2D eigenvalue weighted by atomic mass is 35.5. The van der Waals surface area contributed by atoms with Crippen LogP contribution in [0.5, 0.6) is 5.75 Å². The van der Waals surface area contributed by atoms with E-state index in [9.17, 15) is 4.79 Å². The fourth-order valence-electron chi connectivity index (χ4n) is 2.93. The molecule has 0 aromatic heterocycles. The Bertz CT molecular complexity index is 544. The van der Waals surface area contributed by atoms with Crippen molar-refractivity contribution in [3.63, 3.8) is 0 Å². The molecule has 0 unspecified atom stereocenters. The van der Waals surface area contributed by atoms with E-state index in [4.69, 9.17) is 22.1 Å². The van der Waals surface area contributed by atoms with Crippen LogP contribution in [0.4, 0.5) is 5.69 Å². The molecule has 1 fully saturated rings. The minimum atomic E-state index is 0. The number of nitrogens with zero attached hydrogens (tertiary/aromatic N) is 1. The quantitative estimate of drug-likeness (QED) is 0.720. The van der Waals surface area contributed by atoms with Gasteiger partial charge in [-0.1, -0.05) is 18.0 Å². The standard InChI is InChI=1S/C17H26ClN3O2.2ClH/c1-21(2)8-9-23-16-7-6-13(10-15(16)18)20-17(22)14-5-3-4-12(14)11-19;;/h6-7,10,12,14H,3-5,8-9,11,19H2,1-2H3,(H,20,22);2*1H/t12-,14-;;/m1../s1. The van der Waals surface area contributed by atoms with Gasteiger partial charge in [-0.05, 0) is 57.6 Å². The number of carbonyl (C=O) groups excluding carboxylic acids is 1. The van der Waals surface area contributed by atoms with E-state index in [1.807, 2.05) is 25.1 Å². The van der Waals surface area contributed by atoms with Gasteiger partial charge in [0.05, 0.1) is 5.02 Å². The van der Waals surface area contributed by atoms with Crippen molar-refractivity contribution in [1.29, 1.82) is 0 Å². The van der Waals surface area contributed by atoms with E-state index in [1.165, 1.54) is 0 Å². The number of amides is 1. The van der Waals surface area contributed by atoms with Gasteiger partial charge in [-0.3, -0.25) is 4.79 Å². The predicted molar refractivity (Wildman–Crippen MR) is 109 cm³/mol. The van der Waals surface area contributed by atoms with Crippen LogP contribution in [-0.4, -0.2) is 44.6 Å². The van der Waals surface area contributed by atoms with Gasteiger partial charge in [-0.15, -0.1) is 24.8 Å². The lowest BCUT2D eigenvalue weighted by atomic mass is 9.95. The van der Waals surface area contributed by atoms with Gasteiger partial charge in [0.25, 0.3) is 0 Å². The smallest absolute Gasteiger partial charge is 0.227 e. The van der Waals surface area contributed by atoms with Crippen LogP contribution in [0.15, 0.2) is 18.2 Å². The number of carbonyl (C=O) groups is 1. The van der Waals surface area contributed by atoms with Crippen LogP contribution in [0.2, 0.25) is 5.02 Å². The van der Waals surface area contributed by atoms with Gasteiger partial charge >= 0.3 is 0 Å². The fraction of sp³-hybridized carbons (Fsp3) is 0.588. The highest BCUT2D eigenvalue weighted by molar-refractivity contribution is 6.32. The van der Waals surface area contributed by atoms with Gasteiger partial charge < -0.3 is 20.7 Å². The van der Waals surface area contributed by atoms with Crippen molar-refractivity contribution in [2.75, 3.05) is 39.1 Å². The Labute approximate surface area is 167 Å². The fourth-order valence-corrected chi connectivity index (χ4v) is 3.17. The molecule has 0 heterocycles. The minimum Gasteiger partial charge on any atom is -0.491 e. The van der Waals surface area contributed by atoms with Crippen molar-refractivity contribution in [1.82, 2.24) is 4.90 Å². The molecule has 2 atom stereocenters. The first-order valence-electron chi connectivity index (χ1n) is 8.09. The zero-order valence-electron chi connectivity index (χ0n) is 14.7. The Kier molecular flexibility index (Phi) is 11.5. The lowest BCUT2D eigenvalue weighted by molar-refractivity contribution is -0.120. The summed E-state index contributed by atoms with van der Waals surface area (Å²) in [6.07, 6.45) is 3.01. The molecule has 1 aromatic rings. The molecule has 0 aliphatic heterocycles. The number of anilines is 1. The molecule has 8 heteroatoms.